The van der Waals surface area contributed by atoms with Crippen molar-refractivity contribution in [1.82, 2.24) is 15.0 Å². The summed E-state index contributed by atoms with van der Waals surface area (Å²) in [6, 6.07) is -0.273. The molecule has 0 atom stereocenters. The summed E-state index contributed by atoms with van der Waals surface area (Å²) in [6.45, 7) is 3.79. The largest absolute Gasteiger partial charge is 0.434 e. The smallest absolute Gasteiger partial charge is 0.330 e. The van der Waals surface area contributed by atoms with Gasteiger partial charge in [-0.2, -0.15) is 13.2 Å². The summed E-state index contributed by atoms with van der Waals surface area (Å²) in [4.78, 5) is 0. The van der Waals surface area contributed by atoms with Crippen LogP contribution in [0.25, 0.3) is 0 Å². The molecule has 7 heteroatoms. The fourth-order valence-electron chi connectivity index (χ4n) is 1.82. The third-order valence-electron chi connectivity index (χ3n) is 2.70. The summed E-state index contributed by atoms with van der Waals surface area (Å²) < 4.78 is 39.9. The minimum absolute atomic E-state index is 0.0631. The molecule has 1 heterocycles. The highest BCUT2D eigenvalue weighted by Gasteiger charge is 2.40. The highest BCUT2D eigenvalue weighted by molar-refractivity contribution is 5.15. The van der Waals surface area contributed by atoms with Gasteiger partial charge in [-0.1, -0.05) is 19.1 Å². The Kier molecular flexibility index (Phi) is 4.50. The van der Waals surface area contributed by atoms with Crippen molar-refractivity contribution < 1.29 is 13.2 Å². The number of alkyl halides is 3. The predicted molar refractivity (Wildman–Crippen MR) is 57.4 cm³/mol. The van der Waals surface area contributed by atoms with Gasteiger partial charge in [-0.05, 0) is 19.4 Å². The first kappa shape index (κ1) is 14.0. The van der Waals surface area contributed by atoms with E-state index in [2.05, 4.69) is 10.3 Å². The van der Waals surface area contributed by atoms with Gasteiger partial charge >= 0.3 is 6.18 Å². The molecule has 4 nitrogen and oxygen atoms in total. The predicted octanol–water partition coefficient (Wildman–Crippen LogP) is 2.16. The molecule has 0 unspecified atom stereocenters. The van der Waals surface area contributed by atoms with Gasteiger partial charge in [0.25, 0.3) is 0 Å². The summed E-state index contributed by atoms with van der Waals surface area (Å²) in [5, 5.41) is 7.24. The molecule has 1 rings (SSSR count). The summed E-state index contributed by atoms with van der Waals surface area (Å²) in [7, 11) is 0. The minimum Gasteiger partial charge on any atom is -0.330 e. The summed E-state index contributed by atoms with van der Waals surface area (Å²) >= 11 is 0. The van der Waals surface area contributed by atoms with Crippen molar-refractivity contribution in [3.05, 3.63) is 11.4 Å². The maximum atomic E-state index is 13.0. The maximum Gasteiger partial charge on any atom is 0.434 e. The van der Waals surface area contributed by atoms with E-state index in [0.29, 0.717) is 12.8 Å². The minimum atomic E-state index is -4.43. The van der Waals surface area contributed by atoms with Crippen LogP contribution < -0.4 is 5.73 Å². The Morgan fingerprint density at radius 2 is 1.88 bits per heavy atom. The van der Waals surface area contributed by atoms with Crippen molar-refractivity contribution in [1.29, 1.82) is 0 Å². The van der Waals surface area contributed by atoms with E-state index in [4.69, 9.17) is 5.73 Å². The zero-order valence-corrected chi connectivity index (χ0v) is 9.96. The molecule has 1 aromatic rings. The zero-order chi connectivity index (χ0) is 13.1. The molecule has 0 fully saturated rings. The molecule has 0 aliphatic heterocycles. The molecular weight excluding hydrogens is 233 g/mol. The molecule has 0 aliphatic carbocycles. The molecule has 0 amide bonds. The lowest BCUT2D eigenvalue weighted by Crippen LogP contribution is -2.21. The molecule has 1 aromatic heterocycles. The molecular formula is C10H17F3N4. The summed E-state index contributed by atoms with van der Waals surface area (Å²) in [5.41, 5.74) is 4.46. The van der Waals surface area contributed by atoms with Gasteiger partial charge in [0.1, 0.15) is 0 Å². The van der Waals surface area contributed by atoms with E-state index in [1.807, 2.05) is 13.8 Å². The molecule has 0 radical (unpaired) electrons. The van der Waals surface area contributed by atoms with Gasteiger partial charge in [-0.15, -0.1) is 5.10 Å². The third-order valence-corrected chi connectivity index (χ3v) is 2.70. The molecule has 0 aromatic carbocycles. The summed E-state index contributed by atoms with van der Waals surface area (Å²) in [5.74, 6) is 0. The number of nitrogens with zero attached hydrogens (tertiary/aromatic N) is 3. The second-order valence-corrected chi connectivity index (χ2v) is 3.84. The van der Waals surface area contributed by atoms with E-state index in [9.17, 15) is 13.2 Å². The highest BCUT2D eigenvalue weighted by Crippen LogP contribution is 2.33. The Morgan fingerprint density at radius 3 is 2.29 bits per heavy atom. The van der Waals surface area contributed by atoms with Crippen LogP contribution in [0, 0.1) is 0 Å². The Hall–Kier alpha value is -1.11. The van der Waals surface area contributed by atoms with Gasteiger partial charge in [0, 0.05) is 6.42 Å². The van der Waals surface area contributed by atoms with E-state index in [0.717, 1.165) is 4.68 Å². The average molecular weight is 250 g/mol. The number of halogens is 3. The van der Waals surface area contributed by atoms with E-state index >= 15 is 0 Å². The van der Waals surface area contributed by atoms with Crippen molar-refractivity contribution in [3.63, 3.8) is 0 Å². The van der Waals surface area contributed by atoms with E-state index in [1.165, 1.54) is 0 Å². The van der Waals surface area contributed by atoms with Gasteiger partial charge in [0.2, 0.25) is 0 Å². The molecule has 0 bridgehead atoms. The number of hydrogen-bond donors (Lipinski definition) is 1. The van der Waals surface area contributed by atoms with Crippen LogP contribution >= 0.6 is 0 Å². The molecule has 0 aliphatic rings. The van der Waals surface area contributed by atoms with Gasteiger partial charge in [-0.25, -0.2) is 4.68 Å². The number of nitrogens with two attached hydrogens (primary N) is 1. The van der Waals surface area contributed by atoms with Crippen LogP contribution in [-0.4, -0.2) is 21.5 Å². The van der Waals surface area contributed by atoms with Gasteiger partial charge in [-0.3, -0.25) is 0 Å². The standard InChI is InChI=1S/C10H17F3N4/c1-3-7(4-2)17-9(10(11,12)13)8(5-6-14)15-16-17/h7H,3-6,14H2,1-2H3. The van der Waals surface area contributed by atoms with Crippen molar-refractivity contribution in [3.8, 4) is 0 Å². The quantitative estimate of drug-likeness (QED) is 0.871. The van der Waals surface area contributed by atoms with E-state index < -0.39 is 11.9 Å². The van der Waals surface area contributed by atoms with Gasteiger partial charge in [0.05, 0.1) is 11.7 Å². The first-order valence-corrected chi connectivity index (χ1v) is 5.66. The second kappa shape index (κ2) is 5.48. The van der Waals surface area contributed by atoms with E-state index in [-0.39, 0.29) is 24.7 Å². The average Bonchev–Trinajstić information content (AvgIpc) is 2.64. The zero-order valence-electron chi connectivity index (χ0n) is 9.96. The third kappa shape index (κ3) is 2.96. The second-order valence-electron chi connectivity index (χ2n) is 3.84. The van der Waals surface area contributed by atoms with Crippen molar-refractivity contribution in [2.45, 2.75) is 45.3 Å². The van der Waals surface area contributed by atoms with E-state index in [1.54, 1.807) is 0 Å². The fraction of sp³-hybridized carbons (Fsp3) is 0.800. The Bertz CT molecular complexity index is 355. The van der Waals surface area contributed by atoms with Crippen LogP contribution in [0.2, 0.25) is 0 Å². The van der Waals surface area contributed by atoms with Crippen molar-refractivity contribution in [2.75, 3.05) is 6.54 Å². The van der Waals surface area contributed by atoms with Gasteiger partial charge in [0.15, 0.2) is 5.69 Å². The van der Waals surface area contributed by atoms with Crippen LogP contribution in [0.3, 0.4) is 0 Å². The van der Waals surface area contributed by atoms with Crippen LogP contribution in [0.1, 0.15) is 44.1 Å². The molecule has 17 heavy (non-hydrogen) atoms. The topological polar surface area (TPSA) is 56.7 Å². The van der Waals surface area contributed by atoms with Crippen LogP contribution in [0.4, 0.5) is 13.2 Å². The first-order chi connectivity index (χ1) is 7.95. The highest BCUT2D eigenvalue weighted by atomic mass is 19.4. The number of hydrogen-bond acceptors (Lipinski definition) is 3. The molecule has 0 saturated heterocycles. The Morgan fingerprint density at radius 1 is 1.29 bits per heavy atom. The normalized spacial score (nSPS) is 12.4. The molecule has 98 valence electrons. The SMILES string of the molecule is CCC(CC)n1nnc(CCN)c1C(F)(F)F. The lowest BCUT2D eigenvalue weighted by Gasteiger charge is -2.17. The molecule has 2 N–H and O–H groups in total. The fourth-order valence-corrected chi connectivity index (χ4v) is 1.82. The Labute approximate surface area is 98.0 Å². The monoisotopic (exact) mass is 250 g/mol. The molecule has 0 saturated carbocycles. The first-order valence-electron chi connectivity index (χ1n) is 5.66. The van der Waals surface area contributed by atoms with Crippen LogP contribution in [0.5, 0.6) is 0 Å². The van der Waals surface area contributed by atoms with Gasteiger partial charge < -0.3 is 5.73 Å². The van der Waals surface area contributed by atoms with Crippen LogP contribution in [0.15, 0.2) is 0 Å². The molecule has 0 spiro atoms. The summed E-state index contributed by atoms with van der Waals surface area (Å²) in [6.07, 6.45) is -3.17. The van der Waals surface area contributed by atoms with Crippen LogP contribution in [-0.2, 0) is 12.6 Å². The lowest BCUT2D eigenvalue weighted by molar-refractivity contribution is -0.145. The Balaban J connectivity index is 3.22. The lowest BCUT2D eigenvalue weighted by atomic mass is 10.1. The maximum absolute atomic E-state index is 13.0. The van der Waals surface area contributed by atoms with Crippen molar-refractivity contribution >= 4 is 0 Å². The van der Waals surface area contributed by atoms with Crippen molar-refractivity contribution in [2.24, 2.45) is 5.73 Å². The number of rotatable bonds is 5. The number of aromatic nitrogens is 3.